The number of hydrogen-bond donors (Lipinski definition) is 1. The third-order valence-electron chi connectivity index (χ3n) is 4.95. The van der Waals surface area contributed by atoms with Crippen LogP contribution in [0.5, 0.6) is 0 Å². The van der Waals surface area contributed by atoms with E-state index in [1.807, 2.05) is 36.4 Å². The van der Waals surface area contributed by atoms with Gasteiger partial charge in [-0.3, -0.25) is 14.5 Å². The SMILES string of the molecule is [C-]#[N+]CCCn1c(CN2C(=O)C(=NOCC(N)=O)c3ccccc32)nc2ccccc21. The van der Waals surface area contributed by atoms with Gasteiger partial charge >= 0.3 is 0 Å². The molecule has 2 aromatic carbocycles. The van der Waals surface area contributed by atoms with E-state index in [4.69, 9.17) is 22.1 Å². The van der Waals surface area contributed by atoms with Crippen molar-refractivity contribution in [2.24, 2.45) is 10.9 Å². The molecule has 0 atom stereocenters. The van der Waals surface area contributed by atoms with Gasteiger partial charge in [0.2, 0.25) is 6.54 Å². The highest BCUT2D eigenvalue weighted by Crippen LogP contribution is 2.31. The maximum absolute atomic E-state index is 13.2. The van der Waals surface area contributed by atoms with Gasteiger partial charge in [-0.2, -0.15) is 0 Å². The first-order chi connectivity index (χ1) is 15.1. The zero-order valence-electron chi connectivity index (χ0n) is 16.7. The first-order valence-electron chi connectivity index (χ1n) is 9.77. The third-order valence-corrected chi connectivity index (χ3v) is 4.95. The number of nitrogens with two attached hydrogens (primary N) is 1. The van der Waals surface area contributed by atoms with Crippen LogP contribution in [0.15, 0.2) is 53.7 Å². The van der Waals surface area contributed by atoms with E-state index in [9.17, 15) is 9.59 Å². The number of carbonyl (C=O) groups is 2. The van der Waals surface area contributed by atoms with Gasteiger partial charge in [0.05, 0.1) is 23.3 Å². The Balaban J connectivity index is 1.68. The molecular weight excluding hydrogens is 396 g/mol. The van der Waals surface area contributed by atoms with Gasteiger partial charge in [0.15, 0.2) is 12.3 Å². The van der Waals surface area contributed by atoms with Crippen molar-refractivity contribution in [1.29, 1.82) is 0 Å². The largest absolute Gasteiger partial charge is 0.385 e. The van der Waals surface area contributed by atoms with Crippen molar-refractivity contribution in [3.63, 3.8) is 0 Å². The van der Waals surface area contributed by atoms with Crippen molar-refractivity contribution in [2.45, 2.75) is 19.5 Å². The fourth-order valence-corrected chi connectivity index (χ4v) is 3.61. The fraction of sp³-hybridized carbons (Fsp3) is 0.227. The van der Waals surface area contributed by atoms with E-state index in [-0.39, 0.29) is 18.2 Å². The molecule has 0 saturated heterocycles. The van der Waals surface area contributed by atoms with Gasteiger partial charge in [-0.05, 0) is 18.2 Å². The standard InChI is InChI=1S/C22H20N6O3/c1-24-11-6-12-27-18-10-5-3-8-16(18)25-20(27)13-28-17-9-4-2-7-15(17)21(22(28)30)26-31-14-19(23)29/h2-5,7-10H,6,11-14H2,(H2,23,29). The van der Waals surface area contributed by atoms with Gasteiger partial charge < -0.3 is 20.0 Å². The van der Waals surface area contributed by atoms with E-state index >= 15 is 0 Å². The Kier molecular flexibility index (Phi) is 5.62. The van der Waals surface area contributed by atoms with Crippen LogP contribution in [0.2, 0.25) is 0 Å². The number of nitrogens with zero attached hydrogens (tertiary/aromatic N) is 5. The molecule has 4 rings (SSSR count). The number of rotatable bonds is 8. The Bertz CT molecular complexity index is 1220. The molecule has 1 aromatic heterocycles. The molecule has 1 aliphatic rings. The zero-order valence-corrected chi connectivity index (χ0v) is 16.7. The lowest BCUT2D eigenvalue weighted by Crippen LogP contribution is -2.31. The smallest absolute Gasteiger partial charge is 0.281 e. The van der Waals surface area contributed by atoms with E-state index in [0.29, 0.717) is 36.6 Å². The van der Waals surface area contributed by atoms with Gasteiger partial charge in [0, 0.05) is 18.5 Å². The van der Waals surface area contributed by atoms with Crippen molar-refractivity contribution >= 4 is 34.2 Å². The molecule has 3 aromatic rings. The number of fused-ring (bicyclic) bond motifs is 2. The van der Waals surface area contributed by atoms with E-state index in [1.165, 1.54) is 0 Å². The molecule has 9 nitrogen and oxygen atoms in total. The minimum Gasteiger partial charge on any atom is -0.385 e. The molecule has 0 spiro atoms. The lowest BCUT2D eigenvalue weighted by atomic mass is 10.1. The number of para-hydroxylation sites is 3. The highest BCUT2D eigenvalue weighted by Gasteiger charge is 2.35. The Morgan fingerprint density at radius 3 is 2.77 bits per heavy atom. The monoisotopic (exact) mass is 416 g/mol. The minimum absolute atomic E-state index is 0.118. The normalized spacial score (nSPS) is 14.1. The highest BCUT2D eigenvalue weighted by atomic mass is 16.6. The number of benzene rings is 2. The number of aryl methyl sites for hydroxylation is 1. The molecule has 2 amide bonds. The maximum atomic E-state index is 13.2. The van der Waals surface area contributed by atoms with Crippen LogP contribution < -0.4 is 10.6 Å². The molecule has 0 saturated carbocycles. The molecule has 0 unspecified atom stereocenters. The molecule has 0 radical (unpaired) electrons. The Hall–Kier alpha value is -4.19. The fourth-order valence-electron chi connectivity index (χ4n) is 3.61. The van der Waals surface area contributed by atoms with Gasteiger partial charge in [0.1, 0.15) is 5.82 Å². The summed E-state index contributed by atoms with van der Waals surface area (Å²) in [6.07, 6.45) is 0.690. The van der Waals surface area contributed by atoms with Crippen molar-refractivity contribution in [3.8, 4) is 0 Å². The molecule has 156 valence electrons. The van der Waals surface area contributed by atoms with Gasteiger partial charge in [-0.25, -0.2) is 11.6 Å². The van der Waals surface area contributed by atoms with Crippen LogP contribution in [0.1, 0.15) is 17.8 Å². The summed E-state index contributed by atoms with van der Waals surface area (Å²) in [6.45, 7) is 7.91. The predicted octanol–water partition coefficient (Wildman–Crippen LogP) is 2.10. The van der Waals surface area contributed by atoms with Crippen LogP contribution in [0.3, 0.4) is 0 Å². The van der Waals surface area contributed by atoms with Crippen molar-refractivity contribution in [1.82, 2.24) is 9.55 Å². The van der Waals surface area contributed by atoms with Gasteiger partial charge in [0.25, 0.3) is 11.8 Å². The first kappa shape index (κ1) is 20.1. The van der Waals surface area contributed by atoms with Crippen LogP contribution in [0, 0.1) is 6.57 Å². The number of hydrogen-bond acceptors (Lipinski definition) is 5. The lowest BCUT2D eigenvalue weighted by Gasteiger charge is -2.17. The van der Waals surface area contributed by atoms with Crippen LogP contribution in [0.4, 0.5) is 5.69 Å². The molecule has 0 fully saturated rings. The zero-order chi connectivity index (χ0) is 21.8. The molecule has 31 heavy (non-hydrogen) atoms. The number of amides is 2. The Labute approximate surface area is 178 Å². The summed E-state index contributed by atoms with van der Waals surface area (Å²) in [7, 11) is 0. The third kappa shape index (κ3) is 3.96. The number of primary amides is 1. The Morgan fingerprint density at radius 2 is 1.97 bits per heavy atom. The van der Waals surface area contributed by atoms with Crippen LogP contribution in [-0.2, 0) is 27.5 Å². The van der Waals surface area contributed by atoms with Gasteiger partial charge in [-0.15, -0.1) is 0 Å². The molecule has 2 heterocycles. The molecular formula is C22H20N6O3. The predicted molar refractivity (Wildman–Crippen MR) is 115 cm³/mol. The van der Waals surface area contributed by atoms with E-state index in [2.05, 4.69) is 14.6 Å². The summed E-state index contributed by atoms with van der Waals surface area (Å²) in [5, 5.41) is 3.87. The van der Waals surface area contributed by atoms with E-state index < -0.39 is 12.5 Å². The molecule has 0 bridgehead atoms. The number of imidazole rings is 1. The molecule has 1 aliphatic heterocycles. The summed E-state index contributed by atoms with van der Waals surface area (Å²) < 4.78 is 2.05. The second-order valence-electron chi connectivity index (χ2n) is 6.99. The molecule has 2 N–H and O–H groups in total. The van der Waals surface area contributed by atoms with Crippen LogP contribution in [0.25, 0.3) is 15.9 Å². The molecule has 0 aliphatic carbocycles. The van der Waals surface area contributed by atoms with E-state index in [1.54, 1.807) is 17.0 Å². The number of anilines is 1. The summed E-state index contributed by atoms with van der Waals surface area (Å²) in [5.74, 6) is -0.299. The maximum Gasteiger partial charge on any atom is 0.281 e. The topological polar surface area (TPSA) is 107 Å². The van der Waals surface area contributed by atoms with Crippen LogP contribution in [-0.4, -0.2) is 40.2 Å². The average molecular weight is 416 g/mol. The summed E-state index contributed by atoms with van der Waals surface area (Å²) in [4.78, 5) is 38.8. The summed E-state index contributed by atoms with van der Waals surface area (Å²) >= 11 is 0. The average Bonchev–Trinajstić information content (AvgIpc) is 3.24. The number of oxime groups is 1. The van der Waals surface area contributed by atoms with E-state index in [0.717, 1.165) is 11.0 Å². The summed E-state index contributed by atoms with van der Waals surface area (Å²) in [6, 6.07) is 15.0. The van der Waals surface area contributed by atoms with Gasteiger partial charge in [-0.1, -0.05) is 35.5 Å². The lowest BCUT2D eigenvalue weighted by molar-refractivity contribution is -0.122. The van der Waals surface area contributed by atoms with Crippen molar-refractivity contribution < 1.29 is 14.4 Å². The molecule has 9 heteroatoms. The Morgan fingerprint density at radius 1 is 1.19 bits per heavy atom. The summed E-state index contributed by atoms with van der Waals surface area (Å²) in [5.41, 5.74) is 8.30. The minimum atomic E-state index is -0.673. The van der Waals surface area contributed by atoms with Crippen LogP contribution >= 0.6 is 0 Å². The number of carbonyl (C=O) groups excluding carboxylic acids is 2. The quantitative estimate of drug-likeness (QED) is 0.345. The highest BCUT2D eigenvalue weighted by molar-refractivity contribution is 6.54. The second kappa shape index (κ2) is 8.67. The first-order valence-corrected chi connectivity index (χ1v) is 9.77. The number of aromatic nitrogens is 2. The van der Waals surface area contributed by atoms with Crippen molar-refractivity contribution in [2.75, 3.05) is 18.1 Å². The van der Waals surface area contributed by atoms with Crippen molar-refractivity contribution in [3.05, 3.63) is 71.3 Å². The second-order valence-corrected chi connectivity index (χ2v) is 6.99.